The zero-order valence-corrected chi connectivity index (χ0v) is 14.0. The first-order valence-electron chi connectivity index (χ1n) is 7.58. The molecule has 0 saturated heterocycles. The van der Waals surface area contributed by atoms with Gasteiger partial charge < -0.3 is 15.7 Å². The van der Waals surface area contributed by atoms with Crippen LogP contribution in [0.3, 0.4) is 0 Å². The second-order valence-corrected chi connectivity index (χ2v) is 6.64. The summed E-state index contributed by atoms with van der Waals surface area (Å²) in [7, 11) is 0. The van der Waals surface area contributed by atoms with E-state index in [1.165, 1.54) is 0 Å². The molecule has 0 aliphatic heterocycles. The molecule has 21 heavy (non-hydrogen) atoms. The molecule has 1 saturated carbocycles. The fourth-order valence-electron chi connectivity index (χ4n) is 2.94. The summed E-state index contributed by atoms with van der Waals surface area (Å²) in [5.74, 6) is -0.0482. The minimum atomic E-state index is -0.0869. The lowest BCUT2D eigenvalue weighted by atomic mass is 9.90. The van der Waals surface area contributed by atoms with Gasteiger partial charge in [-0.15, -0.1) is 0 Å². The Hall–Kier alpha value is -1.07. The number of hydrogen-bond acceptors (Lipinski definition) is 3. The summed E-state index contributed by atoms with van der Waals surface area (Å²) in [4.78, 5) is 14.7. The Kier molecular flexibility index (Phi) is 5.65. The number of phenolic OH excluding ortho intramolecular Hbond substituents is 1. The lowest BCUT2D eigenvalue weighted by Crippen LogP contribution is -2.44. The number of halogens is 1. The highest BCUT2D eigenvalue weighted by Crippen LogP contribution is 2.28. The predicted octanol–water partition coefficient (Wildman–Crippen LogP) is 3.28. The van der Waals surface area contributed by atoms with E-state index in [9.17, 15) is 9.90 Å². The molecule has 2 rings (SSSR count). The van der Waals surface area contributed by atoms with Crippen LogP contribution < -0.4 is 5.73 Å². The molecule has 1 fully saturated rings. The van der Waals surface area contributed by atoms with Gasteiger partial charge in [0, 0.05) is 23.1 Å². The minimum absolute atomic E-state index is 0.0387. The highest BCUT2D eigenvalue weighted by Gasteiger charge is 2.29. The van der Waals surface area contributed by atoms with Crippen molar-refractivity contribution in [3.8, 4) is 5.75 Å². The zero-order chi connectivity index (χ0) is 15.4. The highest BCUT2D eigenvalue weighted by atomic mass is 79.9. The smallest absolute Gasteiger partial charge is 0.257 e. The van der Waals surface area contributed by atoms with Crippen LogP contribution in [0.25, 0.3) is 0 Å². The molecule has 1 amide bonds. The maximum atomic E-state index is 12.8. The van der Waals surface area contributed by atoms with Crippen molar-refractivity contribution in [2.24, 2.45) is 5.73 Å². The fraction of sp³-hybridized carbons (Fsp3) is 0.562. The number of nitrogens with two attached hydrogens (primary N) is 1. The second kappa shape index (κ2) is 7.27. The minimum Gasteiger partial charge on any atom is -0.507 e. The van der Waals surface area contributed by atoms with E-state index in [1.807, 2.05) is 4.90 Å². The van der Waals surface area contributed by atoms with Crippen molar-refractivity contribution in [3.63, 3.8) is 0 Å². The summed E-state index contributed by atoms with van der Waals surface area (Å²) in [6.07, 6.45) is 4.72. The monoisotopic (exact) mass is 354 g/mol. The summed E-state index contributed by atoms with van der Waals surface area (Å²) in [6, 6.07) is 5.47. The van der Waals surface area contributed by atoms with Gasteiger partial charge >= 0.3 is 0 Å². The molecule has 0 aromatic heterocycles. The largest absolute Gasteiger partial charge is 0.507 e. The normalized spacial score (nSPS) is 22.0. The molecule has 1 aliphatic rings. The third-order valence-corrected chi connectivity index (χ3v) is 4.59. The Morgan fingerprint density at radius 1 is 1.38 bits per heavy atom. The number of aromatic hydroxyl groups is 1. The van der Waals surface area contributed by atoms with Crippen molar-refractivity contribution < 1.29 is 9.90 Å². The molecule has 0 bridgehead atoms. The van der Waals surface area contributed by atoms with Crippen molar-refractivity contribution >= 4 is 21.8 Å². The molecular formula is C16H23BrN2O2. The molecule has 0 heterocycles. The summed E-state index contributed by atoms with van der Waals surface area (Å²) in [6.45, 7) is 2.78. The number of rotatable bonds is 4. The van der Waals surface area contributed by atoms with E-state index < -0.39 is 0 Å². The molecule has 1 aliphatic carbocycles. The zero-order valence-electron chi connectivity index (χ0n) is 12.4. The average Bonchev–Trinajstić information content (AvgIpc) is 2.48. The fourth-order valence-corrected chi connectivity index (χ4v) is 3.30. The van der Waals surface area contributed by atoms with Crippen LogP contribution in [-0.4, -0.2) is 34.5 Å². The predicted molar refractivity (Wildman–Crippen MR) is 87.4 cm³/mol. The van der Waals surface area contributed by atoms with Crippen LogP contribution in [0.15, 0.2) is 22.7 Å². The van der Waals surface area contributed by atoms with Crippen molar-refractivity contribution in [3.05, 3.63) is 28.2 Å². The molecule has 0 spiro atoms. The van der Waals surface area contributed by atoms with Gasteiger partial charge in [-0.1, -0.05) is 22.9 Å². The van der Waals surface area contributed by atoms with Gasteiger partial charge in [0.25, 0.3) is 5.91 Å². The van der Waals surface area contributed by atoms with E-state index in [0.717, 1.165) is 36.6 Å². The Balaban J connectivity index is 2.20. The topological polar surface area (TPSA) is 66.6 Å². The van der Waals surface area contributed by atoms with Gasteiger partial charge in [0.15, 0.2) is 0 Å². The van der Waals surface area contributed by atoms with Crippen molar-refractivity contribution in [2.75, 3.05) is 6.54 Å². The van der Waals surface area contributed by atoms with Crippen molar-refractivity contribution in [2.45, 2.75) is 51.1 Å². The number of hydrogen-bond donors (Lipinski definition) is 2. The number of benzene rings is 1. The van der Waals surface area contributed by atoms with Crippen LogP contribution in [0.4, 0.5) is 0 Å². The molecule has 116 valence electrons. The molecule has 0 radical (unpaired) electrons. The Morgan fingerprint density at radius 2 is 2.05 bits per heavy atom. The lowest BCUT2D eigenvalue weighted by Gasteiger charge is -2.36. The third-order valence-electron chi connectivity index (χ3n) is 4.10. The number of carbonyl (C=O) groups is 1. The van der Waals surface area contributed by atoms with E-state index in [1.54, 1.807) is 18.2 Å². The highest BCUT2D eigenvalue weighted by molar-refractivity contribution is 9.10. The number of phenols is 1. The molecular weight excluding hydrogens is 332 g/mol. The second-order valence-electron chi connectivity index (χ2n) is 5.73. The van der Waals surface area contributed by atoms with E-state index in [0.29, 0.717) is 12.1 Å². The first kappa shape index (κ1) is 16.3. The van der Waals surface area contributed by atoms with E-state index in [-0.39, 0.29) is 23.7 Å². The molecule has 5 heteroatoms. The van der Waals surface area contributed by atoms with Crippen LogP contribution >= 0.6 is 15.9 Å². The maximum Gasteiger partial charge on any atom is 0.257 e. The van der Waals surface area contributed by atoms with Gasteiger partial charge in [0.1, 0.15) is 5.75 Å². The van der Waals surface area contributed by atoms with Crippen LogP contribution in [0, 0.1) is 0 Å². The summed E-state index contributed by atoms with van der Waals surface area (Å²) in [5.41, 5.74) is 6.32. The molecule has 0 atom stereocenters. The average molecular weight is 355 g/mol. The van der Waals surface area contributed by atoms with Crippen LogP contribution in [-0.2, 0) is 0 Å². The van der Waals surface area contributed by atoms with Crippen LogP contribution in [0.2, 0.25) is 0 Å². The Morgan fingerprint density at radius 3 is 2.67 bits per heavy atom. The molecule has 1 aromatic rings. The first-order chi connectivity index (χ1) is 10.0. The Bertz CT molecular complexity index is 499. The SMILES string of the molecule is CCCN(C(=O)c1cc(Br)ccc1O)C1CCC(N)CC1. The first-order valence-corrected chi connectivity index (χ1v) is 8.37. The van der Waals surface area contributed by atoms with Gasteiger partial charge in [-0.3, -0.25) is 4.79 Å². The maximum absolute atomic E-state index is 12.8. The Labute approximate surface area is 134 Å². The molecule has 0 unspecified atom stereocenters. The van der Waals surface area contributed by atoms with E-state index >= 15 is 0 Å². The van der Waals surface area contributed by atoms with E-state index in [4.69, 9.17) is 5.73 Å². The van der Waals surface area contributed by atoms with E-state index in [2.05, 4.69) is 22.9 Å². The van der Waals surface area contributed by atoms with Crippen LogP contribution in [0.5, 0.6) is 5.75 Å². The summed E-state index contributed by atoms with van der Waals surface area (Å²) < 4.78 is 0.797. The number of amides is 1. The summed E-state index contributed by atoms with van der Waals surface area (Å²) in [5, 5.41) is 9.97. The third kappa shape index (κ3) is 3.98. The standard InChI is InChI=1S/C16H23BrN2O2/c1-2-9-19(13-6-4-12(18)5-7-13)16(21)14-10-11(17)3-8-15(14)20/h3,8,10,12-13,20H,2,4-7,9,18H2,1H3. The number of nitrogens with zero attached hydrogens (tertiary/aromatic N) is 1. The molecule has 1 aromatic carbocycles. The molecule has 3 N–H and O–H groups in total. The van der Waals surface area contributed by atoms with Crippen molar-refractivity contribution in [1.29, 1.82) is 0 Å². The van der Waals surface area contributed by atoms with Gasteiger partial charge in [-0.25, -0.2) is 0 Å². The van der Waals surface area contributed by atoms with Gasteiger partial charge in [-0.05, 0) is 50.3 Å². The van der Waals surface area contributed by atoms with Gasteiger partial charge in [0.05, 0.1) is 5.56 Å². The van der Waals surface area contributed by atoms with Crippen molar-refractivity contribution in [1.82, 2.24) is 4.90 Å². The molecule has 4 nitrogen and oxygen atoms in total. The number of carbonyl (C=O) groups excluding carboxylic acids is 1. The lowest BCUT2D eigenvalue weighted by molar-refractivity contribution is 0.0623. The summed E-state index contributed by atoms with van der Waals surface area (Å²) >= 11 is 3.36. The van der Waals surface area contributed by atoms with Gasteiger partial charge in [0.2, 0.25) is 0 Å². The van der Waals surface area contributed by atoms with Gasteiger partial charge in [-0.2, -0.15) is 0 Å². The van der Waals surface area contributed by atoms with Crippen LogP contribution in [0.1, 0.15) is 49.4 Å². The quantitative estimate of drug-likeness (QED) is 0.871.